The number of non-ortho nitro benzene ring substituents is 1. The molecule has 1 atom stereocenters. The van der Waals surface area contributed by atoms with Crippen molar-refractivity contribution in [1.29, 1.82) is 0 Å². The number of esters is 1. The number of nitrogens with one attached hydrogen (secondary N) is 2. The first-order valence-corrected chi connectivity index (χ1v) is 14.2. The van der Waals surface area contributed by atoms with Crippen LogP contribution in [0.5, 0.6) is 0 Å². The molecule has 1 fully saturated rings. The molecule has 1 saturated heterocycles. The second-order valence-corrected chi connectivity index (χ2v) is 9.97. The van der Waals surface area contributed by atoms with E-state index >= 15 is 0 Å². The van der Waals surface area contributed by atoms with Crippen molar-refractivity contribution >= 4 is 46.9 Å². The molecule has 11 heteroatoms. The fourth-order valence-corrected chi connectivity index (χ4v) is 4.60. The molecule has 2 amide bonds. The molecule has 39 heavy (non-hydrogen) atoms. The summed E-state index contributed by atoms with van der Waals surface area (Å²) in [4.78, 5) is 49.2. The lowest BCUT2D eigenvalue weighted by molar-refractivity contribution is -0.384. The monoisotopic (exact) mass is 560 g/mol. The molecule has 1 aromatic rings. The van der Waals surface area contributed by atoms with Gasteiger partial charge in [-0.25, -0.2) is 0 Å². The second-order valence-electron chi connectivity index (χ2n) is 9.59. The van der Waals surface area contributed by atoms with E-state index in [2.05, 4.69) is 17.6 Å². The minimum Gasteiger partial charge on any atom is -0.466 e. The third-order valence-electron chi connectivity index (χ3n) is 6.45. The number of nitrogens with zero attached hydrogens (tertiary/aromatic N) is 2. The van der Waals surface area contributed by atoms with Gasteiger partial charge in [-0.3, -0.25) is 29.8 Å². The maximum atomic E-state index is 12.5. The lowest BCUT2D eigenvalue weighted by Crippen LogP contribution is -2.60. The number of thiocarbonyl (C=S) groups is 1. The number of benzene rings is 1. The summed E-state index contributed by atoms with van der Waals surface area (Å²) in [5, 5.41) is 16.2. The van der Waals surface area contributed by atoms with E-state index in [-0.39, 0.29) is 23.1 Å². The molecule has 10 nitrogen and oxygen atoms in total. The molecule has 2 N–H and O–H groups in total. The zero-order valence-corrected chi connectivity index (χ0v) is 23.5. The summed E-state index contributed by atoms with van der Waals surface area (Å²) >= 11 is 5.34. The van der Waals surface area contributed by atoms with Crippen LogP contribution in [-0.4, -0.2) is 58.5 Å². The molecule has 1 unspecified atom stereocenters. The smallest absolute Gasteiger partial charge is 0.308 e. The average molecular weight is 561 g/mol. The van der Waals surface area contributed by atoms with Crippen LogP contribution in [0.1, 0.15) is 83.1 Å². The topological polar surface area (TPSA) is 131 Å². The Morgan fingerprint density at radius 3 is 2.49 bits per heavy atom. The number of unbranched alkanes of at least 4 members (excludes halogenated alkanes) is 9. The van der Waals surface area contributed by atoms with Gasteiger partial charge in [-0.05, 0) is 30.3 Å². The number of amides is 2. The number of hydrogen-bond donors (Lipinski definition) is 2. The molecular formula is C28H40N4O6S. The van der Waals surface area contributed by atoms with Crippen molar-refractivity contribution in [3.63, 3.8) is 0 Å². The lowest BCUT2D eigenvalue weighted by Gasteiger charge is -2.36. The van der Waals surface area contributed by atoms with E-state index < -0.39 is 22.8 Å². The predicted molar refractivity (Wildman–Crippen MR) is 154 cm³/mol. The number of carbonyl (C=O) groups is 3. The molecule has 1 aromatic carbocycles. The summed E-state index contributed by atoms with van der Waals surface area (Å²) in [6, 6.07) is 4.96. The summed E-state index contributed by atoms with van der Waals surface area (Å²) in [5.74, 6) is -1.40. The van der Waals surface area contributed by atoms with E-state index in [1.165, 1.54) is 80.2 Å². The number of ether oxygens (including phenoxy) is 1. The number of nitro benzene ring substituents is 1. The van der Waals surface area contributed by atoms with Crippen LogP contribution in [0.25, 0.3) is 6.08 Å². The number of piperazine rings is 1. The highest BCUT2D eigenvalue weighted by molar-refractivity contribution is 7.80. The fraction of sp³-hybridized carbons (Fsp3) is 0.571. The lowest BCUT2D eigenvalue weighted by atomic mass is 10.1. The van der Waals surface area contributed by atoms with Gasteiger partial charge in [-0.15, -0.1) is 0 Å². The summed E-state index contributed by atoms with van der Waals surface area (Å²) in [6.45, 7) is 3.18. The van der Waals surface area contributed by atoms with Gasteiger partial charge in [0.1, 0.15) is 6.04 Å². The molecule has 2 rings (SSSR count). The van der Waals surface area contributed by atoms with Crippen molar-refractivity contribution in [1.82, 2.24) is 15.5 Å². The van der Waals surface area contributed by atoms with E-state index in [9.17, 15) is 24.5 Å². The van der Waals surface area contributed by atoms with Crippen molar-refractivity contribution in [2.75, 3.05) is 19.7 Å². The molecule has 0 saturated carbocycles. The van der Waals surface area contributed by atoms with Gasteiger partial charge in [0.05, 0.1) is 18.0 Å². The molecule has 1 aliphatic heterocycles. The maximum absolute atomic E-state index is 12.5. The number of rotatable bonds is 16. The van der Waals surface area contributed by atoms with Gasteiger partial charge in [0, 0.05) is 31.3 Å². The van der Waals surface area contributed by atoms with E-state index in [0.29, 0.717) is 25.3 Å². The Hall–Kier alpha value is -3.34. The molecule has 0 radical (unpaired) electrons. The maximum Gasteiger partial charge on any atom is 0.308 e. The first kappa shape index (κ1) is 31.9. The number of hydrogen-bond acceptors (Lipinski definition) is 7. The highest BCUT2D eigenvalue weighted by Gasteiger charge is 2.34. The third-order valence-corrected chi connectivity index (χ3v) is 6.79. The Balaban J connectivity index is 1.74. The Kier molecular flexibility index (Phi) is 14.7. The molecule has 0 spiro atoms. The molecule has 0 aromatic heterocycles. The van der Waals surface area contributed by atoms with E-state index in [1.807, 2.05) is 0 Å². The Labute approximate surface area is 235 Å². The molecular weight excluding hydrogens is 520 g/mol. The molecule has 1 heterocycles. The van der Waals surface area contributed by atoms with Gasteiger partial charge in [0.2, 0.25) is 11.8 Å². The van der Waals surface area contributed by atoms with Gasteiger partial charge >= 0.3 is 5.97 Å². The minimum atomic E-state index is -0.882. The third kappa shape index (κ3) is 12.4. The summed E-state index contributed by atoms with van der Waals surface area (Å²) in [5.41, 5.74) is 0.390. The van der Waals surface area contributed by atoms with Gasteiger partial charge < -0.3 is 15.0 Å². The highest BCUT2D eigenvalue weighted by Crippen LogP contribution is 2.15. The van der Waals surface area contributed by atoms with Crippen molar-refractivity contribution in [3.05, 3.63) is 46.0 Å². The first-order valence-electron chi connectivity index (χ1n) is 13.8. The van der Waals surface area contributed by atoms with Crippen LogP contribution in [0.3, 0.4) is 0 Å². The normalized spacial score (nSPS) is 15.2. The zero-order valence-electron chi connectivity index (χ0n) is 22.7. The predicted octanol–water partition coefficient (Wildman–Crippen LogP) is 4.66. The van der Waals surface area contributed by atoms with Crippen LogP contribution in [0.2, 0.25) is 0 Å². The van der Waals surface area contributed by atoms with Crippen LogP contribution in [0.4, 0.5) is 5.69 Å². The zero-order chi connectivity index (χ0) is 28.5. The molecule has 1 aliphatic rings. The number of carbonyl (C=O) groups excluding carboxylic acids is 3. The largest absolute Gasteiger partial charge is 0.466 e. The molecule has 0 bridgehead atoms. The quantitative estimate of drug-likeness (QED) is 0.0745. The van der Waals surface area contributed by atoms with Crippen LogP contribution >= 0.6 is 12.2 Å². The molecule has 0 aliphatic carbocycles. The van der Waals surface area contributed by atoms with Crippen LogP contribution in [0.15, 0.2) is 30.3 Å². The van der Waals surface area contributed by atoms with E-state index in [1.54, 1.807) is 6.07 Å². The Morgan fingerprint density at radius 1 is 1.15 bits per heavy atom. The van der Waals surface area contributed by atoms with E-state index in [0.717, 1.165) is 19.3 Å². The second kappa shape index (κ2) is 18.0. The standard InChI is InChI=1S/C28H40N4O6S/c1-2-3-4-5-6-7-8-9-10-11-19-38-26(34)21-24-27(35)29-17-18-31(24)28(39)30-25(33)16-15-22-13-12-14-23(20-22)32(36)37/h12-16,20,24H,2-11,17-19,21H2,1H3,(H,29,35)(H,30,33,39)/b16-15+. The van der Waals surface area contributed by atoms with Crippen LogP contribution < -0.4 is 10.6 Å². The van der Waals surface area contributed by atoms with Gasteiger partial charge in [-0.2, -0.15) is 0 Å². The van der Waals surface area contributed by atoms with E-state index in [4.69, 9.17) is 17.0 Å². The fourth-order valence-electron chi connectivity index (χ4n) is 4.29. The van der Waals surface area contributed by atoms with Gasteiger partial charge in [-0.1, -0.05) is 76.8 Å². The average Bonchev–Trinajstić information content (AvgIpc) is 2.91. The Bertz CT molecular complexity index is 1020. The first-order chi connectivity index (χ1) is 18.8. The van der Waals surface area contributed by atoms with Crippen molar-refractivity contribution in [3.8, 4) is 0 Å². The number of nitro groups is 1. The van der Waals surface area contributed by atoms with Crippen LogP contribution in [-0.2, 0) is 19.1 Å². The van der Waals surface area contributed by atoms with Gasteiger partial charge in [0.25, 0.3) is 5.69 Å². The summed E-state index contributed by atoms with van der Waals surface area (Å²) < 4.78 is 5.35. The summed E-state index contributed by atoms with van der Waals surface area (Å²) in [6.07, 6.45) is 14.3. The van der Waals surface area contributed by atoms with Gasteiger partial charge in [0.15, 0.2) is 5.11 Å². The van der Waals surface area contributed by atoms with Crippen LogP contribution in [0, 0.1) is 10.1 Å². The molecule has 214 valence electrons. The highest BCUT2D eigenvalue weighted by atomic mass is 32.1. The Morgan fingerprint density at radius 2 is 1.82 bits per heavy atom. The SMILES string of the molecule is CCCCCCCCCCCCOC(=O)CC1C(=O)NCCN1C(=S)NC(=O)/C=C/c1cccc([N+](=O)[O-])c1. The minimum absolute atomic E-state index is 0.0195. The van der Waals surface area contributed by atoms with Crippen molar-refractivity contribution in [2.24, 2.45) is 0 Å². The van der Waals surface area contributed by atoms with Crippen molar-refractivity contribution < 1.29 is 24.0 Å². The van der Waals surface area contributed by atoms with Crippen molar-refractivity contribution in [2.45, 2.75) is 83.6 Å². The summed E-state index contributed by atoms with van der Waals surface area (Å²) in [7, 11) is 0.